The first-order valence-electron chi connectivity index (χ1n) is 20.6. The van der Waals surface area contributed by atoms with Crippen LogP contribution in [0.4, 0.5) is 4.39 Å². The van der Waals surface area contributed by atoms with Crippen molar-refractivity contribution in [2.24, 2.45) is 0 Å². The first-order valence-corrected chi connectivity index (χ1v) is 20.6. The summed E-state index contributed by atoms with van der Waals surface area (Å²) in [7, 11) is 1.98. The molecule has 1 fully saturated rings. The summed E-state index contributed by atoms with van der Waals surface area (Å²) in [5, 5.41) is 9.18. The van der Waals surface area contributed by atoms with Crippen LogP contribution in [0.5, 0.6) is 0 Å². The fraction of sp³-hybridized carbons (Fsp3) is 0.333. The van der Waals surface area contributed by atoms with Crippen LogP contribution in [0, 0.1) is 5.82 Å². The molecular formula is C48H58FN7O2. The lowest BCUT2D eigenvalue weighted by Gasteiger charge is -2.15. The van der Waals surface area contributed by atoms with Crippen LogP contribution in [-0.4, -0.2) is 65.9 Å². The molecule has 3 heterocycles. The van der Waals surface area contributed by atoms with Crippen molar-refractivity contribution in [1.82, 2.24) is 35.9 Å². The Morgan fingerprint density at radius 3 is 1.95 bits per heavy atom. The molecule has 1 unspecified atom stereocenters. The van der Waals surface area contributed by atoms with Gasteiger partial charge in [-0.05, 0) is 111 Å². The topological polar surface area (TPSA) is 128 Å². The summed E-state index contributed by atoms with van der Waals surface area (Å²) in [6.45, 7) is 4.10. The third-order valence-electron chi connectivity index (χ3n) is 10.2. The quantitative estimate of drug-likeness (QED) is 0.0438. The molecular weight excluding hydrogens is 726 g/mol. The van der Waals surface area contributed by atoms with Gasteiger partial charge in [-0.15, -0.1) is 0 Å². The van der Waals surface area contributed by atoms with Crippen molar-refractivity contribution >= 4 is 12.7 Å². The average molecular weight is 784 g/mol. The Bertz CT molecular complexity index is 2030. The zero-order chi connectivity index (χ0) is 40.6. The van der Waals surface area contributed by atoms with Crippen LogP contribution >= 0.6 is 0 Å². The number of hydrogen-bond acceptors (Lipinski definition) is 6. The zero-order valence-electron chi connectivity index (χ0n) is 33.7. The average Bonchev–Trinajstić information content (AvgIpc) is 3.97. The van der Waals surface area contributed by atoms with E-state index in [-0.39, 0.29) is 11.7 Å². The molecule has 58 heavy (non-hydrogen) atoms. The van der Waals surface area contributed by atoms with Crippen molar-refractivity contribution < 1.29 is 14.0 Å². The SMILES string of the molecule is C1CCNCC1.CNCCCCc1ncc(-c2ccc(-c3ccc(-c4cnc(C(CCCNC=O)Cc5ccccc5F)[nH]4)cc3)cc2)[nH]1.O=CCc1ccccc1. The molecule has 0 spiro atoms. The predicted octanol–water partition coefficient (Wildman–Crippen LogP) is 8.86. The second kappa shape index (κ2) is 24.8. The number of nitrogens with zero attached hydrogens (tertiary/aromatic N) is 2. The molecule has 1 aliphatic rings. The summed E-state index contributed by atoms with van der Waals surface area (Å²) in [6, 6.07) is 33.5. The fourth-order valence-electron chi connectivity index (χ4n) is 6.89. The van der Waals surface area contributed by atoms with Crippen molar-refractivity contribution in [2.45, 2.75) is 70.1 Å². The van der Waals surface area contributed by atoms with Gasteiger partial charge in [0.2, 0.25) is 6.41 Å². The maximum absolute atomic E-state index is 14.4. The van der Waals surface area contributed by atoms with Gasteiger partial charge in [0.1, 0.15) is 23.8 Å². The monoisotopic (exact) mass is 783 g/mol. The lowest BCUT2D eigenvalue weighted by Crippen LogP contribution is -2.21. The van der Waals surface area contributed by atoms with Crippen molar-refractivity contribution in [3.8, 4) is 33.6 Å². The molecule has 0 bridgehead atoms. The molecule has 1 amide bonds. The maximum atomic E-state index is 14.4. The molecule has 4 aromatic carbocycles. The molecule has 2 aromatic heterocycles. The van der Waals surface area contributed by atoms with Crippen LogP contribution in [0.2, 0.25) is 0 Å². The summed E-state index contributed by atoms with van der Waals surface area (Å²) >= 11 is 0. The van der Waals surface area contributed by atoms with E-state index in [0.29, 0.717) is 31.4 Å². The fourth-order valence-corrected chi connectivity index (χ4v) is 6.89. The molecule has 1 atom stereocenters. The van der Waals surface area contributed by atoms with Gasteiger partial charge in [-0.2, -0.15) is 0 Å². The highest BCUT2D eigenvalue weighted by molar-refractivity contribution is 5.71. The molecule has 304 valence electrons. The largest absolute Gasteiger partial charge is 0.359 e. The number of carbonyl (C=O) groups excluding carboxylic acids is 2. The molecule has 0 saturated carbocycles. The number of aryl methyl sites for hydroxylation is 1. The van der Waals surface area contributed by atoms with Crippen molar-refractivity contribution in [3.05, 3.63) is 144 Å². The number of unbranched alkanes of at least 4 members (excludes halogenated alkanes) is 1. The number of aromatic amines is 2. The van der Waals surface area contributed by atoms with Crippen LogP contribution in [0.25, 0.3) is 33.6 Å². The summed E-state index contributed by atoms with van der Waals surface area (Å²) < 4.78 is 14.4. The Kier molecular flexibility index (Phi) is 18.6. The van der Waals surface area contributed by atoms with Gasteiger partial charge < -0.3 is 30.7 Å². The van der Waals surface area contributed by atoms with Crippen molar-refractivity contribution in [3.63, 3.8) is 0 Å². The highest BCUT2D eigenvalue weighted by Gasteiger charge is 2.18. The van der Waals surface area contributed by atoms with Gasteiger partial charge in [0.05, 0.1) is 23.8 Å². The molecule has 0 aliphatic carbocycles. The Morgan fingerprint density at radius 2 is 1.34 bits per heavy atom. The van der Waals surface area contributed by atoms with Crippen LogP contribution in [-0.2, 0) is 28.9 Å². The molecule has 6 aromatic rings. The van der Waals surface area contributed by atoms with Gasteiger partial charge in [0.25, 0.3) is 0 Å². The van der Waals surface area contributed by atoms with E-state index in [0.717, 1.165) is 95.8 Å². The number of H-pyrrole nitrogens is 2. The molecule has 0 radical (unpaired) electrons. The van der Waals surface area contributed by atoms with Gasteiger partial charge in [-0.25, -0.2) is 14.4 Å². The van der Waals surface area contributed by atoms with E-state index >= 15 is 0 Å². The van der Waals surface area contributed by atoms with E-state index in [1.54, 1.807) is 6.07 Å². The van der Waals surface area contributed by atoms with Gasteiger partial charge in [-0.3, -0.25) is 4.79 Å². The molecule has 1 aliphatic heterocycles. The second-order valence-corrected chi connectivity index (χ2v) is 14.5. The molecule has 9 nitrogen and oxygen atoms in total. The number of aromatic nitrogens is 4. The van der Waals surface area contributed by atoms with Crippen LogP contribution in [0.15, 0.2) is 116 Å². The Balaban J connectivity index is 0.000000355. The smallest absolute Gasteiger partial charge is 0.207 e. The lowest BCUT2D eigenvalue weighted by molar-refractivity contribution is -0.109. The number of piperidine rings is 1. The number of imidazole rings is 2. The van der Waals surface area contributed by atoms with E-state index in [9.17, 15) is 14.0 Å². The minimum absolute atomic E-state index is 0.00111. The normalized spacial score (nSPS) is 12.7. The van der Waals surface area contributed by atoms with E-state index in [1.807, 2.05) is 61.9 Å². The predicted molar refractivity (Wildman–Crippen MR) is 233 cm³/mol. The number of halogens is 1. The molecule has 5 N–H and O–H groups in total. The number of hydrogen-bond donors (Lipinski definition) is 5. The summed E-state index contributed by atoms with van der Waals surface area (Å²) in [6.07, 6.45) is 15.4. The number of rotatable bonds is 18. The van der Waals surface area contributed by atoms with E-state index in [1.165, 1.54) is 38.4 Å². The van der Waals surface area contributed by atoms with Crippen molar-refractivity contribution in [2.75, 3.05) is 33.2 Å². The van der Waals surface area contributed by atoms with E-state index < -0.39 is 0 Å². The highest BCUT2D eigenvalue weighted by atomic mass is 19.1. The van der Waals surface area contributed by atoms with Crippen LogP contribution < -0.4 is 16.0 Å². The van der Waals surface area contributed by atoms with Crippen LogP contribution in [0.3, 0.4) is 0 Å². The minimum Gasteiger partial charge on any atom is -0.359 e. The van der Waals surface area contributed by atoms with E-state index in [2.05, 4.69) is 84.4 Å². The van der Waals surface area contributed by atoms with Gasteiger partial charge in [0, 0.05) is 25.3 Å². The summed E-state index contributed by atoms with van der Waals surface area (Å²) in [5.41, 5.74) is 8.12. The van der Waals surface area contributed by atoms with Gasteiger partial charge in [-0.1, -0.05) is 103 Å². The number of nitrogens with one attached hydrogen (secondary N) is 5. The minimum atomic E-state index is -0.209. The third kappa shape index (κ3) is 14.3. The van der Waals surface area contributed by atoms with Crippen molar-refractivity contribution in [1.29, 1.82) is 0 Å². The summed E-state index contributed by atoms with van der Waals surface area (Å²) in [4.78, 5) is 36.8. The Hall–Kier alpha value is -5.71. The maximum Gasteiger partial charge on any atom is 0.207 e. The number of amides is 1. The highest BCUT2D eigenvalue weighted by Crippen LogP contribution is 2.30. The molecule has 10 heteroatoms. The summed E-state index contributed by atoms with van der Waals surface area (Å²) in [5.74, 6) is 1.64. The van der Waals surface area contributed by atoms with Crippen LogP contribution in [0.1, 0.15) is 73.6 Å². The molecule has 1 saturated heterocycles. The number of benzene rings is 4. The van der Waals surface area contributed by atoms with Gasteiger partial charge in [0.15, 0.2) is 0 Å². The number of aldehydes is 1. The first-order chi connectivity index (χ1) is 28.6. The van der Waals surface area contributed by atoms with Gasteiger partial charge >= 0.3 is 0 Å². The van der Waals surface area contributed by atoms with E-state index in [4.69, 9.17) is 0 Å². The Labute approximate surface area is 342 Å². The zero-order valence-corrected chi connectivity index (χ0v) is 33.7. The molecule has 7 rings (SSSR count). The standard InChI is InChI=1S/C35H39FN6O.C8H8O.C5H11N/c1-37-19-5-4-10-34-39-22-32(41-34)27-15-11-25(12-16-27)26-13-17-28(18-14-26)33-23-40-35(42-33)30(8-6-20-38-24-43)21-29-7-2-3-9-31(29)36;9-7-6-8-4-2-1-3-5-8;1-2-4-6-5-3-1/h2-3,7,9,11-18,22-24,30,37H,4-6,8,10,19-21H2,1H3,(H,38,43)(H,39,41)(H,40,42);1-5,7H,6H2;6H,1-5H2. The third-order valence-corrected chi connectivity index (χ3v) is 10.2. The number of carbonyl (C=O) groups is 2. The first kappa shape index (κ1) is 43.4. The lowest BCUT2D eigenvalue weighted by atomic mass is 9.93. The Morgan fingerprint density at radius 1 is 0.707 bits per heavy atom. The second-order valence-electron chi connectivity index (χ2n) is 14.5.